The van der Waals surface area contributed by atoms with E-state index in [1.54, 1.807) is 0 Å². The molecular weight excluding hydrogens is 338 g/mol. The van der Waals surface area contributed by atoms with Gasteiger partial charge in [0.2, 0.25) is 0 Å². The number of aliphatic imine (C=N–C) groups is 1. The molecule has 0 aromatic heterocycles. The summed E-state index contributed by atoms with van der Waals surface area (Å²) < 4.78 is 0. The Hall–Kier alpha value is -3.71. The van der Waals surface area contributed by atoms with Crippen LogP contribution in [-0.4, -0.2) is 5.71 Å². The van der Waals surface area contributed by atoms with Gasteiger partial charge in [0.05, 0.1) is 11.4 Å². The minimum atomic E-state index is 0.941. The summed E-state index contributed by atoms with van der Waals surface area (Å²) in [6.45, 7) is 0. The molecular formula is C27H21N. The first-order chi connectivity index (χ1) is 13.9. The molecule has 0 saturated carbocycles. The van der Waals surface area contributed by atoms with Gasteiger partial charge in [0, 0.05) is 11.1 Å². The zero-order valence-electron chi connectivity index (χ0n) is 15.6. The average molecular weight is 359 g/mol. The molecule has 0 atom stereocenters. The third-order valence-corrected chi connectivity index (χ3v) is 4.49. The van der Waals surface area contributed by atoms with Gasteiger partial charge in [-0.2, -0.15) is 0 Å². The zero-order chi connectivity index (χ0) is 19.0. The molecule has 0 radical (unpaired) electrons. The standard InChI is InChI=1S/C27H21N/c1-5-13-22(14-6-1)21-26(23-15-7-2-8-16-23)27(24-17-9-3-10-18-24)28-25-19-11-4-12-20-25/h1-21H/b26-21+,28-27?. The molecule has 28 heavy (non-hydrogen) atoms. The van der Waals surface area contributed by atoms with E-state index in [1.165, 1.54) is 0 Å². The van der Waals surface area contributed by atoms with Crippen LogP contribution in [0.4, 0.5) is 5.69 Å². The predicted molar refractivity (Wildman–Crippen MR) is 120 cm³/mol. The van der Waals surface area contributed by atoms with Gasteiger partial charge in [-0.3, -0.25) is 0 Å². The molecule has 0 spiro atoms. The van der Waals surface area contributed by atoms with Crippen LogP contribution in [0.1, 0.15) is 16.7 Å². The van der Waals surface area contributed by atoms with E-state index >= 15 is 0 Å². The Labute approximate surface area is 166 Å². The molecule has 4 aromatic carbocycles. The monoisotopic (exact) mass is 359 g/mol. The summed E-state index contributed by atoms with van der Waals surface area (Å²) in [7, 11) is 0. The number of hydrogen-bond donors (Lipinski definition) is 0. The minimum Gasteiger partial charge on any atom is -0.248 e. The topological polar surface area (TPSA) is 12.4 Å². The second kappa shape index (κ2) is 8.79. The molecule has 134 valence electrons. The molecule has 0 bridgehead atoms. The highest BCUT2D eigenvalue weighted by Gasteiger charge is 2.13. The fourth-order valence-corrected chi connectivity index (χ4v) is 3.13. The molecule has 0 unspecified atom stereocenters. The van der Waals surface area contributed by atoms with Crippen LogP contribution < -0.4 is 0 Å². The summed E-state index contributed by atoms with van der Waals surface area (Å²) >= 11 is 0. The van der Waals surface area contributed by atoms with Crippen LogP contribution >= 0.6 is 0 Å². The van der Waals surface area contributed by atoms with Gasteiger partial charge in [0.15, 0.2) is 0 Å². The molecule has 0 saturated heterocycles. The van der Waals surface area contributed by atoms with E-state index in [2.05, 4.69) is 78.9 Å². The molecule has 4 aromatic rings. The molecule has 0 amide bonds. The van der Waals surface area contributed by atoms with Crippen molar-refractivity contribution in [2.75, 3.05) is 0 Å². The molecule has 0 fully saturated rings. The van der Waals surface area contributed by atoms with Crippen LogP contribution in [-0.2, 0) is 0 Å². The predicted octanol–water partition coefficient (Wildman–Crippen LogP) is 7.05. The van der Waals surface area contributed by atoms with Crippen molar-refractivity contribution >= 4 is 23.0 Å². The molecule has 1 heteroatoms. The number of hydrogen-bond acceptors (Lipinski definition) is 1. The Morgan fingerprint density at radius 1 is 0.500 bits per heavy atom. The molecule has 0 N–H and O–H groups in total. The average Bonchev–Trinajstić information content (AvgIpc) is 2.79. The van der Waals surface area contributed by atoms with Crippen LogP contribution in [0.2, 0.25) is 0 Å². The van der Waals surface area contributed by atoms with E-state index in [1.807, 2.05) is 48.5 Å². The van der Waals surface area contributed by atoms with Crippen molar-refractivity contribution in [2.24, 2.45) is 4.99 Å². The van der Waals surface area contributed by atoms with Crippen molar-refractivity contribution in [3.8, 4) is 0 Å². The van der Waals surface area contributed by atoms with Crippen LogP contribution in [0.5, 0.6) is 0 Å². The Kier molecular flexibility index (Phi) is 5.55. The summed E-state index contributed by atoms with van der Waals surface area (Å²) in [4.78, 5) is 5.05. The van der Waals surface area contributed by atoms with E-state index in [9.17, 15) is 0 Å². The quantitative estimate of drug-likeness (QED) is 0.267. The summed E-state index contributed by atoms with van der Waals surface area (Å²) in [5, 5.41) is 0. The fourth-order valence-electron chi connectivity index (χ4n) is 3.13. The van der Waals surface area contributed by atoms with Crippen LogP contribution in [0.25, 0.3) is 11.6 Å². The van der Waals surface area contributed by atoms with Crippen molar-refractivity contribution in [2.45, 2.75) is 0 Å². The van der Waals surface area contributed by atoms with Gasteiger partial charge in [0.25, 0.3) is 0 Å². The first-order valence-electron chi connectivity index (χ1n) is 9.42. The molecule has 0 heterocycles. The summed E-state index contributed by atoms with van der Waals surface area (Å²) in [5.74, 6) is 0. The Morgan fingerprint density at radius 3 is 1.54 bits per heavy atom. The lowest BCUT2D eigenvalue weighted by Crippen LogP contribution is -2.04. The fraction of sp³-hybridized carbons (Fsp3) is 0. The van der Waals surface area contributed by atoms with Crippen molar-refractivity contribution in [1.29, 1.82) is 0 Å². The lowest BCUT2D eigenvalue weighted by molar-refractivity contribution is 1.50. The summed E-state index contributed by atoms with van der Waals surface area (Å²) in [6, 6.07) is 41.3. The number of para-hydroxylation sites is 1. The van der Waals surface area contributed by atoms with Crippen LogP contribution in [0.3, 0.4) is 0 Å². The number of benzene rings is 4. The Morgan fingerprint density at radius 2 is 0.964 bits per heavy atom. The van der Waals surface area contributed by atoms with Crippen molar-refractivity contribution in [3.63, 3.8) is 0 Å². The van der Waals surface area contributed by atoms with Gasteiger partial charge >= 0.3 is 0 Å². The maximum atomic E-state index is 5.05. The maximum absolute atomic E-state index is 5.05. The van der Waals surface area contributed by atoms with Crippen molar-refractivity contribution in [1.82, 2.24) is 0 Å². The van der Waals surface area contributed by atoms with Gasteiger partial charge in [0.1, 0.15) is 0 Å². The van der Waals surface area contributed by atoms with E-state index in [4.69, 9.17) is 4.99 Å². The third-order valence-electron chi connectivity index (χ3n) is 4.49. The van der Waals surface area contributed by atoms with Crippen molar-refractivity contribution < 1.29 is 0 Å². The lowest BCUT2D eigenvalue weighted by atomic mass is 9.93. The number of allylic oxidation sites excluding steroid dienone is 1. The first-order valence-corrected chi connectivity index (χ1v) is 9.42. The normalized spacial score (nSPS) is 12.0. The van der Waals surface area contributed by atoms with E-state index in [0.29, 0.717) is 0 Å². The lowest BCUT2D eigenvalue weighted by Gasteiger charge is -2.13. The zero-order valence-corrected chi connectivity index (χ0v) is 15.6. The second-order valence-electron chi connectivity index (χ2n) is 6.50. The van der Waals surface area contributed by atoms with E-state index in [-0.39, 0.29) is 0 Å². The summed E-state index contributed by atoms with van der Waals surface area (Å²) in [5.41, 5.74) is 6.39. The highest BCUT2D eigenvalue weighted by atomic mass is 14.7. The molecule has 4 rings (SSSR count). The number of rotatable bonds is 5. The maximum Gasteiger partial charge on any atom is 0.0787 e. The Bertz CT molecular complexity index is 973. The van der Waals surface area contributed by atoms with Gasteiger partial charge in [-0.15, -0.1) is 0 Å². The second-order valence-corrected chi connectivity index (χ2v) is 6.50. The third kappa shape index (κ3) is 4.33. The SMILES string of the molecule is C(=C(\C(=Nc1ccccc1)c1ccccc1)c1ccccc1)/c1ccccc1. The van der Waals surface area contributed by atoms with Crippen LogP contribution in [0.15, 0.2) is 126 Å². The van der Waals surface area contributed by atoms with Gasteiger partial charge in [-0.05, 0) is 29.3 Å². The van der Waals surface area contributed by atoms with Crippen LogP contribution in [0, 0.1) is 0 Å². The van der Waals surface area contributed by atoms with E-state index < -0.39 is 0 Å². The molecule has 0 aliphatic rings. The highest BCUT2D eigenvalue weighted by molar-refractivity contribution is 6.35. The van der Waals surface area contributed by atoms with Gasteiger partial charge in [-0.1, -0.05) is 109 Å². The van der Waals surface area contributed by atoms with Gasteiger partial charge in [-0.25, -0.2) is 4.99 Å². The summed E-state index contributed by atoms with van der Waals surface area (Å²) in [6.07, 6.45) is 2.21. The van der Waals surface area contributed by atoms with Gasteiger partial charge < -0.3 is 0 Å². The number of nitrogens with zero attached hydrogens (tertiary/aromatic N) is 1. The molecule has 0 aliphatic heterocycles. The Balaban J connectivity index is 1.94. The molecule has 1 nitrogen and oxygen atoms in total. The van der Waals surface area contributed by atoms with Crippen molar-refractivity contribution in [3.05, 3.63) is 138 Å². The first kappa shape index (κ1) is 17.7. The van der Waals surface area contributed by atoms with E-state index in [0.717, 1.165) is 33.7 Å². The minimum absolute atomic E-state index is 0.941. The molecule has 0 aliphatic carbocycles. The largest absolute Gasteiger partial charge is 0.248 e. The highest BCUT2D eigenvalue weighted by Crippen LogP contribution is 2.26. The smallest absolute Gasteiger partial charge is 0.0787 e.